The van der Waals surface area contributed by atoms with Crippen LogP contribution in [-0.2, 0) is 0 Å². The third kappa shape index (κ3) is 5.40. The molecule has 2 aromatic rings. The van der Waals surface area contributed by atoms with E-state index in [0.717, 1.165) is 82.6 Å². The molecule has 1 N–H and O–H groups in total. The van der Waals surface area contributed by atoms with Gasteiger partial charge < -0.3 is 29.5 Å². The Morgan fingerprint density at radius 2 is 1.38 bits per heavy atom. The molecule has 0 spiro atoms. The molecule has 0 saturated carbocycles. The number of ether oxygens (including phenoxy) is 2. The number of nitrogens with zero attached hydrogens (tertiary/aromatic N) is 4. The highest BCUT2D eigenvalue weighted by atomic mass is 16.5. The maximum absolute atomic E-state index is 5.64. The van der Waals surface area contributed by atoms with Crippen molar-refractivity contribution in [2.75, 3.05) is 102 Å². The molecule has 0 aliphatic carbocycles. The van der Waals surface area contributed by atoms with Crippen LogP contribution in [0, 0.1) is 0 Å². The second-order valence-electron chi connectivity index (χ2n) is 8.60. The topological polar surface area (TPSA) is 43.5 Å². The summed E-state index contributed by atoms with van der Waals surface area (Å²) in [6.45, 7) is 10.4. The van der Waals surface area contributed by atoms with Crippen molar-refractivity contribution in [2.24, 2.45) is 0 Å². The van der Waals surface area contributed by atoms with Gasteiger partial charge in [0.2, 0.25) is 0 Å². The SMILES string of the molecule is COc1ccc(NCCN2CCN(c3ccccc3OC)CC2)cc1N1CCN(C)CC1. The summed E-state index contributed by atoms with van der Waals surface area (Å²) in [6, 6.07) is 14.7. The van der Waals surface area contributed by atoms with Gasteiger partial charge in [0.05, 0.1) is 25.6 Å². The van der Waals surface area contributed by atoms with E-state index >= 15 is 0 Å². The summed E-state index contributed by atoms with van der Waals surface area (Å²) in [7, 11) is 5.68. The Morgan fingerprint density at radius 1 is 0.750 bits per heavy atom. The number of benzene rings is 2. The number of hydrogen-bond donors (Lipinski definition) is 1. The number of rotatable bonds is 8. The molecule has 2 aliphatic heterocycles. The van der Waals surface area contributed by atoms with Crippen LogP contribution in [0.1, 0.15) is 0 Å². The van der Waals surface area contributed by atoms with Gasteiger partial charge in [-0.25, -0.2) is 0 Å². The van der Waals surface area contributed by atoms with Crippen LogP contribution in [-0.4, -0.2) is 96.5 Å². The van der Waals surface area contributed by atoms with Gasteiger partial charge in [0.25, 0.3) is 0 Å². The van der Waals surface area contributed by atoms with Gasteiger partial charge in [-0.1, -0.05) is 12.1 Å². The third-order valence-electron chi connectivity index (χ3n) is 6.58. The summed E-state index contributed by atoms with van der Waals surface area (Å²) in [5.74, 6) is 1.91. The van der Waals surface area contributed by atoms with Crippen molar-refractivity contribution in [1.82, 2.24) is 9.80 Å². The summed E-state index contributed by atoms with van der Waals surface area (Å²) >= 11 is 0. The van der Waals surface area contributed by atoms with Crippen molar-refractivity contribution in [3.05, 3.63) is 42.5 Å². The van der Waals surface area contributed by atoms with E-state index in [0.29, 0.717) is 0 Å². The summed E-state index contributed by atoms with van der Waals surface area (Å²) < 4.78 is 11.2. The lowest BCUT2D eigenvalue weighted by Gasteiger charge is -2.36. The molecular weight excluding hydrogens is 402 g/mol. The van der Waals surface area contributed by atoms with Crippen LogP contribution in [0.15, 0.2) is 42.5 Å². The van der Waals surface area contributed by atoms with Crippen molar-refractivity contribution < 1.29 is 9.47 Å². The molecule has 0 aromatic heterocycles. The monoisotopic (exact) mass is 439 g/mol. The molecule has 2 heterocycles. The Kier molecular flexibility index (Phi) is 7.60. The predicted molar refractivity (Wildman–Crippen MR) is 133 cm³/mol. The molecule has 2 saturated heterocycles. The highest BCUT2D eigenvalue weighted by molar-refractivity contribution is 5.66. The first-order chi connectivity index (χ1) is 15.7. The molecule has 2 aliphatic rings. The molecule has 7 heteroatoms. The number of likely N-dealkylation sites (N-methyl/N-ethyl adjacent to an activating group) is 1. The molecule has 2 fully saturated rings. The highest BCUT2D eigenvalue weighted by Crippen LogP contribution is 2.32. The van der Waals surface area contributed by atoms with Gasteiger partial charge in [0.1, 0.15) is 11.5 Å². The zero-order valence-corrected chi connectivity index (χ0v) is 19.7. The van der Waals surface area contributed by atoms with E-state index < -0.39 is 0 Å². The van der Waals surface area contributed by atoms with Crippen molar-refractivity contribution >= 4 is 17.1 Å². The number of methoxy groups -OCH3 is 2. The van der Waals surface area contributed by atoms with Gasteiger partial charge in [-0.05, 0) is 37.4 Å². The smallest absolute Gasteiger partial charge is 0.142 e. The summed E-state index contributed by atoms with van der Waals surface area (Å²) in [5.41, 5.74) is 3.55. The molecule has 0 unspecified atom stereocenters. The molecule has 0 radical (unpaired) electrons. The minimum Gasteiger partial charge on any atom is -0.495 e. The normalized spacial score (nSPS) is 18.0. The zero-order valence-electron chi connectivity index (χ0n) is 19.7. The second-order valence-corrected chi connectivity index (χ2v) is 8.60. The Labute approximate surface area is 192 Å². The molecule has 7 nitrogen and oxygen atoms in total. The fraction of sp³-hybridized carbons (Fsp3) is 0.520. The Hall–Kier alpha value is -2.64. The van der Waals surface area contributed by atoms with Gasteiger partial charge in [0.15, 0.2) is 0 Å². The van der Waals surface area contributed by atoms with Crippen molar-refractivity contribution in [3.63, 3.8) is 0 Å². The van der Waals surface area contributed by atoms with Crippen LogP contribution >= 0.6 is 0 Å². The fourth-order valence-electron chi connectivity index (χ4n) is 4.56. The van der Waals surface area contributed by atoms with E-state index in [1.165, 1.54) is 11.4 Å². The van der Waals surface area contributed by atoms with E-state index in [1.54, 1.807) is 14.2 Å². The standard InChI is InChI=1S/C25H37N5O2/c1-27-12-16-30(17-13-27)23-20-21(8-9-25(23)32-3)26-10-11-28-14-18-29(19-15-28)22-6-4-5-7-24(22)31-2/h4-9,20,26H,10-19H2,1-3H3. The van der Waals surface area contributed by atoms with Crippen LogP contribution in [0.4, 0.5) is 17.1 Å². The lowest BCUT2D eigenvalue weighted by Crippen LogP contribution is -2.47. The zero-order chi connectivity index (χ0) is 22.3. The number of nitrogens with one attached hydrogen (secondary N) is 1. The number of anilines is 3. The van der Waals surface area contributed by atoms with Crippen LogP contribution in [0.5, 0.6) is 11.5 Å². The van der Waals surface area contributed by atoms with Crippen molar-refractivity contribution in [3.8, 4) is 11.5 Å². The second kappa shape index (κ2) is 10.8. The van der Waals surface area contributed by atoms with Gasteiger partial charge in [-0.15, -0.1) is 0 Å². The van der Waals surface area contributed by atoms with Crippen LogP contribution in [0.2, 0.25) is 0 Å². The van der Waals surface area contributed by atoms with Crippen molar-refractivity contribution in [2.45, 2.75) is 0 Å². The van der Waals surface area contributed by atoms with Crippen LogP contribution in [0.3, 0.4) is 0 Å². The number of hydrogen-bond acceptors (Lipinski definition) is 7. The number of piperazine rings is 2. The first-order valence-corrected chi connectivity index (χ1v) is 11.6. The lowest BCUT2D eigenvalue weighted by atomic mass is 10.2. The largest absolute Gasteiger partial charge is 0.495 e. The maximum atomic E-state index is 5.64. The molecule has 4 rings (SSSR count). The maximum Gasteiger partial charge on any atom is 0.142 e. The van der Waals surface area contributed by atoms with E-state index in [1.807, 2.05) is 12.1 Å². The predicted octanol–water partition coefficient (Wildman–Crippen LogP) is 2.69. The Balaban J connectivity index is 1.27. The van der Waals surface area contributed by atoms with Gasteiger partial charge in [-0.3, -0.25) is 4.90 Å². The molecule has 0 bridgehead atoms. The quantitative estimate of drug-likeness (QED) is 0.678. The minimum absolute atomic E-state index is 0.934. The van der Waals surface area contributed by atoms with E-state index in [-0.39, 0.29) is 0 Å². The average Bonchev–Trinajstić information content (AvgIpc) is 2.85. The van der Waals surface area contributed by atoms with Crippen LogP contribution in [0.25, 0.3) is 0 Å². The lowest BCUT2D eigenvalue weighted by molar-refractivity contribution is 0.266. The van der Waals surface area contributed by atoms with E-state index in [4.69, 9.17) is 9.47 Å². The summed E-state index contributed by atoms with van der Waals surface area (Å²) in [5, 5.41) is 3.62. The third-order valence-corrected chi connectivity index (χ3v) is 6.58. The fourth-order valence-corrected chi connectivity index (χ4v) is 4.56. The molecular formula is C25H37N5O2. The summed E-state index contributed by atoms with van der Waals surface area (Å²) in [6.07, 6.45) is 0. The first-order valence-electron chi connectivity index (χ1n) is 11.6. The molecule has 174 valence electrons. The first kappa shape index (κ1) is 22.6. The molecule has 0 atom stereocenters. The summed E-state index contributed by atoms with van der Waals surface area (Å²) in [4.78, 5) is 9.76. The molecule has 32 heavy (non-hydrogen) atoms. The van der Waals surface area contributed by atoms with Gasteiger partial charge in [-0.2, -0.15) is 0 Å². The Morgan fingerprint density at radius 3 is 2.09 bits per heavy atom. The average molecular weight is 440 g/mol. The van der Waals surface area contributed by atoms with Gasteiger partial charge in [0, 0.05) is 71.1 Å². The Bertz CT molecular complexity index is 861. The van der Waals surface area contributed by atoms with Gasteiger partial charge >= 0.3 is 0 Å². The van der Waals surface area contributed by atoms with Crippen molar-refractivity contribution in [1.29, 1.82) is 0 Å². The molecule has 0 amide bonds. The van der Waals surface area contributed by atoms with E-state index in [9.17, 15) is 0 Å². The minimum atomic E-state index is 0.934. The number of para-hydroxylation sites is 2. The van der Waals surface area contributed by atoms with Crippen LogP contribution < -0.4 is 24.6 Å². The van der Waals surface area contributed by atoms with E-state index in [2.05, 4.69) is 62.3 Å². The molecule has 2 aromatic carbocycles. The highest BCUT2D eigenvalue weighted by Gasteiger charge is 2.20.